The molecule has 1 aromatic carbocycles. The van der Waals surface area contributed by atoms with Crippen LogP contribution in [-0.2, 0) is 13.0 Å². The number of carbonyl (C=O) groups is 1. The molecule has 2 saturated heterocycles. The number of rotatable bonds is 5. The second kappa shape index (κ2) is 8.44. The monoisotopic (exact) mass is 384 g/mol. The van der Waals surface area contributed by atoms with E-state index in [0.717, 1.165) is 31.5 Å². The van der Waals surface area contributed by atoms with Crippen molar-refractivity contribution in [3.8, 4) is 0 Å². The number of quaternary nitrogens is 1. The Bertz CT molecular complexity index is 747. The third-order valence-corrected chi connectivity index (χ3v) is 7.11. The van der Waals surface area contributed by atoms with E-state index in [-0.39, 0.29) is 6.03 Å². The van der Waals surface area contributed by atoms with Crippen molar-refractivity contribution in [3.63, 3.8) is 0 Å². The number of piperidine rings is 2. The van der Waals surface area contributed by atoms with Crippen molar-refractivity contribution < 1.29 is 9.69 Å². The number of carbonyl (C=O) groups excluding carboxylic acids is 1. The second-order valence-electron chi connectivity index (χ2n) is 7.93. The van der Waals surface area contributed by atoms with Gasteiger partial charge >= 0.3 is 6.03 Å². The maximum Gasteiger partial charge on any atom is 0.319 e. The van der Waals surface area contributed by atoms with Gasteiger partial charge in [0, 0.05) is 24.6 Å². The Hall–Kier alpha value is -1.85. The number of fused-ring (bicyclic) bond motifs is 2. The van der Waals surface area contributed by atoms with Gasteiger partial charge in [0.05, 0.1) is 17.0 Å². The number of anilines is 1. The Morgan fingerprint density at radius 1 is 1.15 bits per heavy atom. The largest absolute Gasteiger partial charge is 0.335 e. The van der Waals surface area contributed by atoms with E-state index in [1.54, 1.807) is 4.90 Å². The minimum Gasteiger partial charge on any atom is -0.335 e. The number of urea groups is 1. The number of hydrogen-bond acceptors (Lipinski definition) is 2. The summed E-state index contributed by atoms with van der Waals surface area (Å²) < 4.78 is 0. The summed E-state index contributed by atoms with van der Waals surface area (Å²) in [5.74, 6) is 0. The van der Waals surface area contributed by atoms with Crippen LogP contribution in [0.5, 0.6) is 0 Å². The van der Waals surface area contributed by atoms with Crippen LogP contribution in [0.1, 0.15) is 49.5 Å². The Labute approximate surface area is 166 Å². The van der Waals surface area contributed by atoms with Gasteiger partial charge in [0.25, 0.3) is 0 Å². The van der Waals surface area contributed by atoms with Crippen molar-refractivity contribution in [1.29, 1.82) is 0 Å². The molecule has 3 heterocycles. The minimum atomic E-state index is -0.0549. The van der Waals surface area contributed by atoms with E-state index in [4.69, 9.17) is 0 Å². The van der Waals surface area contributed by atoms with Gasteiger partial charge in [-0.2, -0.15) is 0 Å². The summed E-state index contributed by atoms with van der Waals surface area (Å²) in [5, 5.41) is 8.51. The molecule has 5 heteroatoms. The summed E-state index contributed by atoms with van der Waals surface area (Å²) in [5.41, 5.74) is 2.11. The number of benzene rings is 1. The standard InChI is InChI=1S/C22H29N3OS/c1-2-16-7-3-4-11-21(16)24-22(26)23-17-13-18-8-5-9-19(14-17)25(18)15-20-10-6-12-27-20/h3-4,6-7,10-12,17-19H,2,5,8-9,13-15H2,1H3,(H2,23,24,26)/p+1/t18-,19-/m1/s1. The highest BCUT2D eigenvalue weighted by atomic mass is 32.1. The predicted octanol–water partition coefficient (Wildman–Crippen LogP) is 3.60. The minimum absolute atomic E-state index is 0.0549. The van der Waals surface area contributed by atoms with Crippen LogP contribution in [0.25, 0.3) is 0 Å². The average Bonchev–Trinajstić information content (AvgIpc) is 3.16. The number of aryl methyl sites for hydroxylation is 1. The number of amides is 2. The highest BCUT2D eigenvalue weighted by molar-refractivity contribution is 7.09. The number of nitrogens with one attached hydrogen (secondary N) is 3. The van der Waals surface area contributed by atoms with E-state index >= 15 is 0 Å². The van der Waals surface area contributed by atoms with Crippen molar-refractivity contribution >= 4 is 23.1 Å². The molecule has 27 heavy (non-hydrogen) atoms. The van der Waals surface area contributed by atoms with Gasteiger partial charge in [-0.1, -0.05) is 31.2 Å². The highest BCUT2D eigenvalue weighted by Gasteiger charge is 2.42. The molecular formula is C22H30N3OS+. The van der Waals surface area contributed by atoms with Gasteiger partial charge in [0.1, 0.15) is 6.54 Å². The van der Waals surface area contributed by atoms with Crippen LogP contribution in [0.3, 0.4) is 0 Å². The molecule has 144 valence electrons. The van der Waals surface area contributed by atoms with Crippen molar-refractivity contribution in [3.05, 3.63) is 52.2 Å². The van der Waals surface area contributed by atoms with E-state index in [0.29, 0.717) is 18.1 Å². The summed E-state index contributed by atoms with van der Waals surface area (Å²) in [6, 6.07) is 14.1. The molecule has 2 aliphatic rings. The maximum atomic E-state index is 12.6. The zero-order valence-electron chi connectivity index (χ0n) is 16.0. The van der Waals surface area contributed by atoms with Gasteiger partial charge in [-0.3, -0.25) is 0 Å². The third kappa shape index (κ3) is 4.36. The first-order valence-corrected chi connectivity index (χ1v) is 11.1. The zero-order valence-corrected chi connectivity index (χ0v) is 16.9. The fourth-order valence-corrected chi connectivity index (χ4v) is 5.69. The lowest BCUT2D eigenvalue weighted by molar-refractivity contribution is -0.973. The molecule has 0 radical (unpaired) electrons. The van der Waals surface area contributed by atoms with Crippen LogP contribution >= 0.6 is 11.3 Å². The Kier molecular flexibility index (Phi) is 5.79. The molecule has 1 aromatic heterocycles. The van der Waals surface area contributed by atoms with Gasteiger partial charge < -0.3 is 15.5 Å². The molecule has 2 amide bonds. The number of para-hydroxylation sites is 1. The molecule has 2 fully saturated rings. The molecule has 0 spiro atoms. The van der Waals surface area contributed by atoms with Gasteiger partial charge in [0.15, 0.2) is 0 Å². The van der Waals surface area contributed by atoms with E-state index in [2.05, 4.69) is 41.1 Å². The first-order valence-electron chi connectivity index (χ1n) is 10.3. The topological polar surface area (TPSA) is 45.6 Å². The van der Waals surface area contributed by atoms with Crippen molar-refractivity contribution in [2.24, 2.45) is 0 Å². The zero-order chi connectivity index (χ0) is 18.6. The first kappa shape index (κ1) is 18.5. The van der Waals surface area contributed by atoms with Gasteiger partial charge in [-0.15, -0.1) is 11.3 Å². The lowest BCUT2D eigenvalue weighted by Gasteiger charge is -2.45. The molecule has 2 atom stereocenters. The summed E-state index contributed by atoms with van der Waals surface area (Å²) in [4.78, 5) is 15.8. The molecule has 0 unspecified atom stereocenters. The summed E-state index contributed by atoms with van der Waals surface area (Å²) in [6.07, 6.45) is 7.03. The van der Waals surface area contributed by atoms with Crippen molar-refractivity contribution in [2.75, 3.05) is 5.32 Å². The van der Waals surface area contributed by atoms with Crippen LogP contribution in [0.15, 0.2) is 41.8 Å². The maximum absolute atomic E-state index is 12.6. The lowest BCUT2D eigenvalue weighted by atomic mass is 9.81. The van der Waals surface area contributed by atoms with Crippen LogP contribution in [0.4, 0.5) is 10.5 Å². The Morgan fingerprint density at radius 2 is 1.93 bits per heavy atom. The number of hydrogen-bond donors (Lipinski definition) is 3. The molecule has 2 aromatic rings. The molecular weight excluding hydrogens is 354 g/mol. The summed E-state index contributed by atoms with van der Waals surface area (Å²) >= 11 is 1.87. The molecule has 2 aliphatic heterocycles. The van der Waals surface area contributed by atoms with E-state index in [1.807, 2.05) is 29.5 Å². The average molecular weight is 385 g/mol. The Balaban J connectivity index is 1.36. The highest BCUT2D eigenvalue weighted by Crippen LogP contribution is 2.24. The SMILES string of the molecule is CCc1ccccc1NC(=O)NC1C[C@H]2CCC[C@H](C1)[NH+]2Cc1cccs1. The van der Waals surface area contributed by atoms with Gasteiger partial charge in [-0.05, 0) is 48.8 Å². The molecule has 3 N–H and O–H groups in total. The predicted molar refractivity (Wildman–Crippen MR) is 111 cm³/mol. The van der Waals surface area contributed by atoms with E-state index < -0.39 is 0 Å². The van der Waals surface area contributed by atoms with Crippen LogP contribution in [-0.4, -0.2) is 24.2 Å². The van der Waals surface area contributed by atoms with E-state index in [9.17, 15) is 4.79 Å². The molecule has 0 saturated carbocycles. The van der Waals surface area contributed by atoms with Crippen LogP contribution in [0.2, 0.25) is 0 Å². The smallest absolute Gasteiger partial charge is 0.319 e. The molecule has 4 rings (SSSR count). The Morgan fingerprint density at radius 3 is 2.63 bits per heavy atom. The van der Waals surface area contributed by atoms with Crippen LogP contribution < -0.4 is 15.5 Å². The normalized spacial score (nSPS) is 27.1. The fourth-order valence-electron chi connectivity index (χ4n) is 4.95. The molecule has 2 bridgehead atoms. The summed E-state index contributed by atoms with van der Waals surface area (Å²) in [6.45, 7) is 3.27. The first-order chi connectivity index (χ1) is 13.2. The van der Waals surface area contributed by atoms with Gasteiger partial charge in [-0.25, -0.2) is 4.79 Å². The molecule has 4 nitrogen and oxygen atoms in total. The second-order valence-corrected chi connectivity index (χ2v) is 8.97. The van der Waals surface area contributed by atoms with Crippen LogP contribution in [0, 0.1) is 0 Å². The summed E-state index contributed by atoms with van der Waals surface area (Å²) in [7, 11) is 0. The van der Waals surface area contributed by atoms with Gasteiger partial charge in [0.2, 0.25) is 0 Å². The quantitative estimate of drug-likeness (QED) is 0.725. The third-order valence-electron chi connectivity index (χ3n) is 6.23. The van der Waals surface area contributed by atoms with Crippen molar-refractivity contribution in [2.45, 2.75) is 70.1 Å². The van der Waals surface area contributed by atoms with Crippen molar-refractivity contribution in [1.82, 2.24) is 5.32 Å². The number of thiophene rings is 1. The molecule has 0 aliphatic carbocycles. The fraction of sp³-hybridized carbons (Fsp3) is 0.500. The lowest BCUT2D eigenvalue weighted by Crippen LogP contribution is -3.20. The van der Waals surface area contributed by atoms with E-state index in [1.165, 1.54) is 29.7 Å².